The average molecular weight is 404 g/mol. The van der Waals surface area contributed by atoms with Crippen molar-refractivity contribution < 1.29 is 0 Å². The van der Waals surface area contributed by atoms with E-state index in [1.54, 1.807) is 0 Å². The van der Waals surface area contributed by atoms with E-state index in [-0.39, 0.29) is 0 Å². The smallest absolute Gasteiger partial charge is 0.0957 e. The summed E-state index contributed by atoms with van der Waals surface area (Å²) in [7, 11) is -2.29. The SMILES string of the molecule is c1ccc(P(=Nc2cccc3cccnc23)(c2ccccc2)c2ccccc2)cc1. The monoisotopic (exact) mass is 404 g/mol. The first-order valence-electron chi connectivity index (χ1n) is 10.0. The van der Waals surface area contributed by atoms with Crippen molar-refractivity contribution in [2.75, 3.05) is 0 Å². The Balaban J connectivity index is 1.95. The number of hydrogen-bond acceptors (Lipinski definition) is 2. The average Bonchev–Trinajstić information content (AvgIpc) is 2.84. The predicted octanol–water partition coefficient (Wildman–Crippen LogP) is 6.04. The summed E-state index contributed by atoms with van der Waals surface area (Å²) in [6, 6.07) is 42.3. The normalized spacial score (nSPS) is 11.3. The van der Waals surface area contributed by atoms with Crippen molar-refractivity contribution in [1.82, 2.24) is 4.98 Å². The Morgan fingerprint density at radius 1 is 0.500 bits per heavy atom. The van der Waals surface area contributed by atoms with Gasteiger partial charge in [0.15, 0.2) is 0 Å². The molecule has 2 nitrogen and oxygen atoms in total. The molecule has 30 heavy (non-hydrogen) atoms. The van der Waals surface area contributed by atoms with Crippen LogP contribution in [0.25, 0.3) is 10.9 Å². The standard InChI is InChI=1S/C27H21N2P/c1-4-14-23(15-5-1)30(24-16-6-2-7-17-24,25-18-8-3-9-19-25)29-26-20-10-12-22-13-11-21-28-27(22)26/h1-21H. The molecule has 0 aliphatic rings. The van der Waals surface area contributed by atoms with Crippen LogP contribution in [0, 0.1) is 0 Å². The van der Waals surface area contributed by atoms with Gasteiger partial charge >= 0.3 is 0 Å². The van der Waals surface area contributed by atoms with Crippen LogP contribution in [0.1, 0.15) is 0 Å². The van der Waals surface area contributed by atoms with Gasteiger partial charge in [0.25, 0.3) is 0 Å². The molecule has 0 aliphatic carbocycles. The molecule has 0 aliphatic heterocycles. The van der Waals surface area contributed by atoms with Crippen molar-refractivity contribution in [3.8, 4) is 0 Å². The third-order valence-corrected chi connectivity index (χ3v) is 8.91. The van der Waals surface area contributed by atoms with Gasteiger partial charge in [-0.1, -0.05) is 109 Å². The number of fused-ring (bicyclic) bond motifs is 1. The first-order valence-corrected chi connectivity index (χ1v) is 11.7. The highest BCUT2D eigenvalue weighted by Gasteiger charge is 2.27. The summed E-state index contributed by atoms with van der Waals surface area (Å²) in [5, 5.41) is 4.80. The predicted molar refractivity (Wildman–Crippen MR) is 129 cm³/mol. The summed E-state index contributed by atoms with van der Waals surface area (Å²) in [5.41, 5.74) is 1.87. The molecule has 0 fully saturated rings. The molecule has 4 aromatic carbocycles. The molecule has 0 amide bonds. The quantitative estimate of drug-likeness (QED) is 0.335. The number of rotatable bonds is 4. The Morgan fingerprint density at radius 2 is 1.00 bits per heavy atom. The van der Waals surface area contributed by atoms with Gasteiger partial charge in [-0.25, -0.2) is 0 Å². The van der Waals surface area contributed by atoms with Crippen molar-refractivity contribution >= 4 is 39.6 Å². The van der Waals surface area contributed by atoms with Crippen LogP contribution in [0.15, 0.2) is 132 Å². The highest BCUT2D eigenvalue weighted by molar-refractivity contribution is 7.87. The number of hydrogen-bond donors (Lipinski definition) is 0. The maximum atomic E-state index is 5.58. The van der Waals surface area contributed by atoms with Gasteiger partial charge in [-0.15, -0.1) is 0 Å². The van der Waals surface area contributed by atoms with Crippen LogP contribution in [0.3, 0.4) is 0 Å². The molecular weight excluding hydrogens is 383 g/mol. The lowest BCUT2D eigenvalue weighted by Gasteiger charge is -2.27. The second-order valence-corrected chi connectivity index (χ2v) is 10.1. The molecule has 5 rings (SSSR count). The Hall–Kier alpha value is -3.48. The Kier molecular flexibility index (Phi) is 5.01. The topological polar surface area (TPSA) is 25.2 Å². The van der Waals surface area contributed by atoms with Crippen LogP contribution >= 0.6 is 7.05 Å². The van der Waals surface area contributed by atoms with E-state index in [9.17, 15) is 0 Å². The maximum Gasteiger partial charge on any atom is 0.0957 e. The highest BCUT2D eigenvalue weighted by Crippen LogP contribution is 2.49. The third kappa shape index (κ3) is 3.26. The molecule has 0 bridgehead atoms. The number of benzene rings is 4. The van der Waals surface area contributed by atoms with Crippen LogP contribution in [-0.4, -0.2) is 4.98 Å². The molecule has 144 valence electrons. The summed E-state index contributed by atoms with van der Waals surface area (Å²) in [5.74, 6) is 0. The molecule has 3 heteroatoms. The Labute approximate surface area is 176 Å². The molecule has 0 spiro atoms. The van der Waals surface area contributed by atoms with Gasteiger partial charge in [0.2, 0.25) is 0 Å². The third-order valence-electron chi connectivity index (χ3n) is 5.26. The lowest BCUT2D eigenvalue weighted by atomic mass is 10.2. The molecule has 0 radical (unpaired) electrons. The van der Waals surface area contributed by atoms with Crippen LogP contribution in [0.2, 0.25) is 0 Å². The van der Waals surface area contributed by atoms with Crippen LogP contribution in [0.4, 0.5) is 5.69 Å². The van der Waals surface area contributed by atoms with Gasteiger partial charge in [-0.2, -0.15) is 0 Å². The fourth-order valence-corrected chi connectivity index (χ4v) is 7.42. The van der Waals surface area contributed by atoms with Crippen LogP contribution < -0.4 is 15.9 Å². The van der Waals surface area contributed by atoms with E-state index >= 15 is 0 Å². The van der Waals surface area contributed by atoms with E-state index in [4.69, 9.17) is 4.74 Å². The summed E-state index contributed by atoms with van der Waals surface area (Å²) in [6.07, 6.45) is 1.84. The maximum absolute atomic E-state index is 5.58. The minimum atomic E-state index is -2.29. The van der Waals surface area contributed by atoms with E-state index in [1.165, 1.54) is 15.9 Å². The van der Waals surface area contributed by atoms with Crippen molar-refractivity contribution in [3.63, 3.8) is 0 Å². The first-order chi connectivity index (χ1) is 14.9. The first kappa shape index (κ1) is 18.5. The number of para-hydroxylation sites is 1. The zero-order valence-corrected chi connectivity index (χ0v) is 17.4. The molecule has 0 unspecified atom stereocenters. The minimum absolute atomic E-state index is 0.929. The summed E-state index contributed by atoms with van der Waals surface area (Å²) in [6.45, 7) is 0. The van der Waals surface area contributed by atoms with Crippen molar-refractivity contribution in [2.24, 2.45) is 4.74 Å². The zero-order valence-electron chi connectivity index (χ0n) is 16.5. The van der Waals surface area contributed by atoms with E-state index in [2.05, 4.69) is 120 Å². The molecule has 1 aromatic heterocycles. The van der Waals surface area contributed by atoms with Gasteiger partial charge < -0.3 is 0 Å². The largest absolute Gasteiger partial charge is 0.254 e. The van der Waals surface area contributed by atoms with Crippen molar-refractivity contribution in [2.45, 2.75) is 0 Å². The highest BCUT2D eigenvalue weighted by atomic mass is 31.2. The summed E-state index contributed by atoms with van der Waals surface area (Å²) in [4.78, 5) is 4.67. The van der Waals surface area contributed by atoms with Crippen molar-refractivity contribution in [1.29, 1.82) is 0 Å². The second kappa shape index (κ2) is 8.10. The molecular formula is C27H21N2P. The van der Waals surface area contributed by atoms with Gasteiger partial charge in [0.1, 0.15) is 0 Å². The fraction of sp³-hybridized carbons (Fsp3) is 0. The molecule has 0 saturated carbocycles. The molecule has 1 heterocycles. The number of pyridine rings is 1. The van der Waals surface area contributed by atoms with Gasteiger partial charge in [-0.3, -0.25) is 9.73 Å². The minimum Gasteiger partial charge on any atom is -0.254 e. The van der Waals surface area contributed by atoms with E-state index in [0.29, 0.717) is 0 Å². The number of nitrogens with zero attached hydrogens (tertiary/aromatic N) is 2. The van der Waals surface area contributed by atoms with Crippen LogP contribution in [0.5, 0.6) is 0 Å². The summed E-state index contributed by atoms with van der Waals surface area (Å²) >= 11 is 0. The molecule has 0 N–H and O–H groups in total. The van der Waals surface area contributed by atoms with Gasteiger partial charge in [-0.05, 0) is 12.1 Å². The van der Waals surface area contributed by atoms with E-state index in [0.717, 1.165) is 16.6 Å². The summed E-state index contributed by atoms with van der Waals surface area (Å²) < 4.78 is 5.58. The number of aromatic nitrogens is 1. The van der Waals surface area contributed by atoms with Crippen LogP contribution in [-0.2, 0) is 0 Å². The lowest BCUT2D eigenvalue weighted by molar-refractivity contribution is 1.40. The van der Waals surface area contributed by atoms with Gasteiger partial charge in [0, 0.05) is 27.5 Å². The molecule has 5 aromatic rings. The van der Waals surface area contributed by atoms with Crippen molar-refractivity contribution in [3.05, 3.63) is 128 Å². The Bertz CT molecular complexity index is 1220. The van der Waals surface area contributed by atoms with Gasteiger partial charge in [0.05, 0.1) is 18.3 Å². The molecule has 0 saturated heterocycles. The second-order valence-electron chi connectivity index (χ2n) is 7.09. The van der Waals surface area contributed by atoms with E-state index in [1.807, 2.05) is 12.3 Å². The Morgan fingerprint density at radius 3 is 1.53 bits per heavy atom. The lowest BCUT2D eigenvalue weighted by Crippen LogP contribution is -2.25. The van der Waals surface area contributed by atoms with E-state index < -0.39 is 7.05 Å². The fourth-order valence-electron chi connectivity index (χ4n) is 3.88. The zero-order chi connectivity index (χ0) is 20.2. The molecule has 0 atom stereocenters.